The molecule has 0 saturated carbocycles. The molecule has 0 atom stereocenters. The van der Waals surface area contributed by atoms with Gasteiger partial charge < -0.3 is 9.26 Å². The lowest BCUT2D eigenvalue weighted by Crippen LogP contribution is -2.04. The number of benzene rings is 2. The molecule has 1 aliphatic rings. The molecular formula is C21H19NO2. The average molecular weight is 317 g/mol. The summed E-state index contributed by atoms with van der Waals surface area (Å²) >= 11 is 0. The number of nitrogens with zero attached hydrogens (tertiary/aromatic N) is 1. The van der Waals surface area contributed by atoms with E-state index in [9.17, 15) is 0 Å². The van der Waals surface area contributed by atoms with Gasteiger partial charge in [0.2, 0.25) is 0 Å². The van der Waals surface area contributed by atoms with Gasteiger partial charge in [-0.3, -0.25) is 0 Å². The smallest absolute Gasteiger partial charge is 0.177 e. The fraction of sp³-hybridized carbons (Fsp3) is 0.190. The van der Waals surface area contributed by atoms with E-state index in [0.29, 0.717) is 6.61 Å². The maximum atomic E-state index is 5.93. The Morgan fingerprint density at radius 2 is 2.00 bits per heavy atom. The predicted octanol–water partition coefficient (Wildman–Crippen LogP) is 5.50. The Morgan fingerprint density at radius 3 is 2.75 bits per heavy atom. The molecule has 2 aromatic carbocycles. The van der Waals surface area contributed by atoms with E-state index in [0.717, 1.165) is 52.3 Å². The lowest BCUT2D eigenvalue weighted by Gasteiger charge is -2.17. The molecule has 0 amide bonds. The van der Waals surface area contributed by atoms with E-state index in [1.54, 1.807) is 0 Å². The van der Waals surface area contributed by atoms with Gasteiger partial charge in [0.1, 0.15) is 18.1 Å². The van der Waals surface area contributed by atoms with E-state index in [2.05, 4.69) is 42.9 Å². The van der Waals surface area contributed by atoms with Crippen molar-refractivity contribution in [3.63, 3.8) is 0 Å². The number of fused-ring (bicyclic) bond motifs is 3. The van der Waals surface area contributed by atoms with E-state index >= 15 is 0 Å². The summed E-state index contributed by atoms with van der Waals surface area (Å²) in [6, 6.07) is 14.5. The van der Waals surface area contributed by atoms with Crippen molar-refractivity contribution in [1.82, 2.24) is 5.16 Å². The first-order valence-corrected chi connectivity index (χ1v) is 8.27. The monoisotopic (exact) mass is 317 g/mol. The highest BCUT2D eigenvalue weighted by atomic mass is 16.5. The Morgan fingerprint density at radius 1 is 1.17 bits per heavy atom. The van der Waals surface area contributed by atoms with Gasteiger partial charge in [0.05, 0.1) is 11.1 Å². The largest absolute Gasteiger partial charge is 0.488 e. The van der Waals surface area contributed by atoms with Gasteiger partial charge in [-0.15, -0.1) is 0 Å². The Balaban J connectivity index is 1.74. The van der Waals surface area contributed by atoms with Gasteiger partial charge in [-0.1, -0.05) is 61.5 Å². The number of hydrogen-bond acceptors (Lipinski definition) is 3. The Labute approximate surface area is 141 Å². The summed E-state index contributed by atoms with van der Waals surface area (Å²) in [5.41, 5.74) is 6.27. The molecule has 0 N–H and O–H groups in total. The minimum absolute atomic E-state index is 0.471. The van der Waals surface area contributed by atoms with Crippen molar-refractivity contribution in [2.45, 2.75) is 26.4 Å². The molecule has 0 fully saturated rings. The summed E-state index contributed by atoms with van der Waals surface area (Å²) in [6.07, 6.45) is 4.05. The summed E-state index contributed by atoms with van der Waals surface area (Å²) in [4.78, 5) is 0. The Bertz CT molecular complexity index is 891. The van der Waals surface area contributed by atoms with Crippen LogP contribution in [0.1, 0.15) is 30.0 Å². The summed E-state index contributed by atoms with van der Waals surface area (Å²) in [5, 5.41) is 4.31. The van der Waals surface area contributed by atoms with E-state index in [-0.39, 0.29) is 0 Å². The first-order chi connectivity index (χ1) is 11.8. The van der Waals surface area contributed by atoms with E-state index in [1.165, 1.54) is 5.56 Å². The van der Waals surface area contributed by atoms with Crippen LogP contribution in [0.3, 0.4) is 0 Å². The normalized spacial score (nSPS) is 12.2. The molecule has 0 bridgehead atoms. The highest BCUT2D eigenvalue weighted by Gasteiger charge is 2.26. The van der Waals surface area contributed by atoms with Crippen LogP contribution in [0, 0.1) is 0 Å². The van der Waals surface area contributed by atoms with Crippen molar-refractivity contribution >= 4 is 6.08 Å². The van der Waals surface area contributed by atoms with Crippen LogP contribution in [0.2, 0.25) is 0 Å². The molecule has 24 heavy (non-hydrogen) atoms. The van der Waals surface area contributed by atoms with Gasteiger partial charge in [-0.05, 0) is 29.7 Å². The number of aromatic nitrogens is 1. The van der Waals surface area contributed by atoms with E-state index in [4.69, 9.17) is 9.26 Å². The standard InChI is InChI=1S/C21H19NO2/c1-3-5-15-6-9-16(10-7-15)20-18-13-23-19-12-14(4-2)8-11-17(19)21(18)24-22-20/h4,6-12H,2-3,5,13H2,1H3. The number of hydrogen-bond donors (Lipinski definition) is 0. The third kappa shape index (κ3) is 2.42. The topological polar surface area (TPSA) is 35.3 Å². The zero-order valence-electron chi connectivity index (χ0n) is 13.7. The van der Waals surface area contributed by atoms with Gasteiger partial charge >= 0.3 is 0 Å². The molecule has 0 unspecified atom stereocenters. The van der Waals surface area contributed by atoms with Crippen molar-refractivity contribution in [3.8, 4) is 28.3 Å². The first-order valence-electron chi connectivity index (χ1n) is 8.27. The van der Waals surface area contributed by atoms with Crippen LogP contribution in [0.25, 0.3) is 28.7 Å². The van der Waals surface area contributed by atoms with Gasteiger partial charge in [-0.2, -0.15) is 0 Å². The van der Waals surface area contributed by atoms with Gasteiger partial charge in [-0.25, -0.2) is 0 Å². The number of aryl methyl sites for hydroxylation is 1. The molecule has 0 spiro atoms. The second-order valence-corrected chi connectivity index (χ2v) is 6.03. The highest BCUT2D eigenvalue weighted by Crippen LogP contribution is 2.41. The van der Waals surface area contributed by atoms with E-state index < -0.39 is 0 Å². The summed E-state index contributed by atoms with van der Waals surface area (Å²) < 4.78 is 11.6. The molecule has 1 aliphatic heterocycles. The molecule has 0 radical (unpaired) electrons. The van der Waals surface area contributed by atoms with E-state index in [1.807, 2.05) is 24.3 Å². The number of rotatable bonds is 4. The quantitative estimate of drug-likeness (QED) is 0.637. The lowest BCUT2D eigenvalue weighted by molar-refractivity contribution is 0.297. The van der Waals surface area contributed by atoms with Crippen molar-refractivity contribution in [2.24, 2.45) is 0 Å². The highest BCUT2D eigenvalue weighted by molar-refractivity contribution is 5.78. The van der Waals surface area contributed by atoms with Crippen LogP contribution >= 0.6 is 0 Å². The van der Waals surface area contributed by atoms with Gasteiger partial charge in [0, 0.05) is 5.56 Å². The third-order valence-corrected chi connectivity index (χ3v) is 4.41. The summed E-state index contributed by atoms with van der Waals surface area (Å²) in [6.45, 7) is 6.46. The molecule has 0 aliphatic carbocycles. The zero-order valence-corrected chi connectivity index (χ0v) is 13.7. The van der Waals surface area contributed by atoms with Crippen molar-refractivity contribution in [3.05, 3.63) is 65.7 Å². The fourth-order valence-corrected chi connectivity index (χ4v) is 3.12. The SMILES string of the molecule is C=Cc1ccc2c(c1)OCc1c(-c3ccc(CCC)cc3)noc1-2. The molecule has 0 saturated heterocycles. The maximum Gasteiger partial charge on any atom is 0.177 e. The van der Waals surface area contributed by atoms with Crippen LogP contribution in [0.5, 0.6) is 5.75 Å². The predicted molar refractivity (Wildman–Crippen MR) is 95.8 cm³/mol. The second-order valence-electron chi connectivity index (χ2n) is 6.03. The van der Waals surface area contributed by atoms with Crippen LogP contribution in [-0.4, -0.2) is 5.16 Å². The second kappa shape index (κ2) is 6.00. The number of ether oxygens (including phenoxy) is 1. The molecule has 2 heterocycles. The minimum atomic E-state index is 0.471. The summed E-state index contributed by atoms with van der Waals surface area (Å²) in [7, 11) is 0. The average Bonchev–Trinajstić information content (AvgIpc) is 3.06. The van der Waals surface area contributed by atoms with Crippen molar-refractivity contribution in [2.75, 3.05) is 0 Å². The molecule has 3 nitrogen and oxygen atoms in total. The van der Waals surface area contributed by atoms with Crippen LogP contribution < -0.4 is 4.74 Å². The lowest BCUT2D eigenvalue weighted by atomic mass is 9.98. The fourth-order valence-electron chi connectivity index (χ4n) is 3.12. The van der Waals surface area contributed by atoms with Gasteiger partial charge in [0.25, 0.3) is 0 Å². The van der Waals surface area contributed by atoms with Crippen molar-refractivity contribution < 1.29 is 9.26 Å². The molecule has 120 valence electrons. The van der Waals surface area contributed by atoms with Crippen LogP contribution in [0.4, 0.5) is 0 Å². The summed E-state index contributed by atoms with van der Waals surface area (Å²) in [5.74, 6) is 1.63. The molecule has 1 aromatic heterocycles. The molecule has 3 heteroatoms. The zero-order chi connectivity index (χ0) is 16.5. The third-order valence-electron chi connectivity index (χ3n) is 4.41. The molecular weight excluding hydrogens is 298 g/mol. The Kier molecular flexibility index (Phi) is 3.69. The van der Waals surface area contributed by atoms with Crippen LogP contribution in [-0.2, 0) is 13.0 Å². The molecule has 3 aromatic rings. The van der Waals surface area contributed by atoms with Crippen molar-refractivity contribution in [1.29, 1.82) is 0 Å². The molecule has 4 rings (SSSR count). The Hall–Kier alpha value is -2.81. The van der Waals surface area contributed by atoms with Gasteiger partial charge in [0.15, 0.2) is 5.76 Å². The first kappa shape index (κ1) is 14.8. The van der Waals surface area contributed by atoms with Crippen LogP contribution in [0.15, 0.2) is 53.6 Å². The minimum Gasteiger partial charge on any atom is -0.488 e. The maximum absolute atomic E-state index is 5.93.